The van der Waals surface area contributed by atoms with Crippen LogP contribution in [0.3, 0.4) is 0 Å². The summed E-state index contributed by atoms with van der Waals surface area (Å²) in [5.74, 6) is 2.42. The smallest absolute Gasteiger partial charge is 0.264 e. The van der Waals surface area contributed by atoms with E-state index in [4.69, 9.17) is 41.9 Å². The highest BCUT2D eigenvalue weighted by Crippen LogP contribution is 2.32. The maximum Gasteiger partial charge on any atom is 0.264 e. The second-order valence-electron chi connectivity index (χ2n) is 4.94. The maximum atomic E-state index is 6.06. The largest absolute Gasteiger partial charge is 0.497 e. The van der Waals surface area contributed by atoms with Crippen LogP contribution in [0, 0.1) is 0 Å². The van der Waals surface area contributed by atoms with Crippen LogP contribution in [0.5, 0.6) is 17.2 Å². The predicted molar refractivity (Wildman–Crippen MR) is 93.6 cm³/mol. The third-order valence-corrected chi connectivity index (χ3v) is 3.89. The van der Waals surface area contributed by atoms with Crippen molar-refractivity contribution in [1.29, 1.82) is 0 Å². The fourth-order valence-corrected chi connectivity index (χ4v) is 2.60. The van der Waals surface area contributed by atoms with Gasteiger partial charge in [-0.3, -0.25) is 0 Å². The van der Waals surface area contributed by atoms with E-state index in [0.29, 0.717) is 44.6 Å². The predicted octanol–water partition coefficient (Wildman–Crippen LogP) is 4.64. The summed E-state index contributed by atoms with van der Waals surface area (Å²) >= 11 is 11.9. The minimum absolute atomic E-state index is 0.0762. The number of halogens is 2. The van der Waals surface area contributed by atoms with Crippen molar-refractivity contribution in [3.05, 3.63) is 52.3 Å². The molecule has 25 heavy (non-hydrogen) atoms. The number of ether oxygens (including phenoxy) is 3. The molecule has 8 heteroatoms. The van der Waals surface area contributed by atoms with Gasteiger partial charge >= 0.3 is 0 Å². The first-order valence-electron chi connectivity index (χ1n) is 7.23. The van der Waals surface area contributed by atoms with Gasteiger partial charge in [-0.2, -0.15) is 4.98 Å². The van der Waals surface area contributed by atoms with Crippen LogP contribution in [0.4, 0.5) is 0 Å². The van der Waals surface area contributed by atoms with Gasteiger partial charge in [-0.05, 0) is 30.3 Å². The topological polar surface area (TPSA) is 66.6 Å². The van der Waals surface area contributed by atoms with Crippen LogP contribution in [0.1, 0.15) is 5.89 Å². The first-order valence-corrected chi connectivity index (χ1v) is 7.99. The standard InChI is InChI=1S/C17H14Cl2N2O4/c1-22-11-4-5-12(15(8-11)23-2)17-20-16(25-21-17)9-24-14-6-3-10(18)7-13(14)19/h3-8H,9H2,1-2H3. The van der Waals surface area contributed by atoms with Crippen molar-refractivity contribution in [2.45, 2.75) is 6.61 Å². The molecular weight excluding hydrogens is 367 g/mol. The monoisotopic (exact) mass is 380 g/mol. The molecule has 6 nitrogen and oxygen atoms in total. The summed E-state index contributed by atoms with van der Waals surface area (Å²) in [6.45, 7) is 0.0762. The average Bonchev–Trinajstić information content (AvgIpc) is 3.09. The lowest BCUT2D eigenvalue weighted by Gasteiger charge is -2.07. The molecule has 0 bridgehead atoms. The third-order valence-electron chi connectivity index (χ3n) is 3.36. The zero-order valence-corrected chi connectivity index (χ0v) is 15.0. The Morgan fingerprint density at radius 3 is 2.56 bits per heavy atom. The van der Waals surface area contributed by atoms with Gasteiger partial charge in [0.2, 0.25) is 5.82 Å². The lowest BCUT2D eigenvalue weighted by Crippen LogP contribution is -1.96. The molecule has 0 radical (unpaired) electrons. The van der Waals surface area contributed by atoms with Crippen molar-refractivity contribution in [2.24, 2.45) is 0 Å². The summed E-state index contributed by atoms with van der Waals surface area (Å²) in [7, 11) is 3.14. The summed E-state index contributed by atoms with van der Waals surface area (Å²) in [5, 5.41) is 4.90. The van der Waals surface area contributed by atoms with Crippen molar-refractivity contribution in [3.8, 4) is 28.6 Å². The summed E-state index contributed by atoms with van der Waals surface area (Å²) < 4.78 is 21.3. The summed E-state index contributed by atoms with van der Waals surface area (Å²) in [5.41, 5.74) is 0.683. The highest BCUT2D eigenvalue weighted by molar-refractivity contribution is 6.35. The Morgan fingerprint density at radius 1 is 1.00 bits per heavy atom. The molecule has 2 aromatic carbocycles. The van der Waals surface area contributed by atoms with Crippen LogP contribution in [-0.2, 0) is 6.61 Å². The minimum atomic E-state index is 0.0762. The summed E-state index contributed by atoms with van der Waals surface area (Å²) in [6, 6.07) is 10.3. The Balaban J connectivity index is 1.76. The van der Waals surface area contributed by atoms with E-state index in [1.165, 1.54) is 0 Å². The van der Waals surface area contributed by atoms with E-state index in [2.05, 4.69) is 10.1 Å². The van der Waals surface area contributed by atoms with Gasteiger partial charge in [0, 0.05) is 11.1 Å². The number of benzene rings is 2. The van der Waals surface area contributed by atoms with E-state index >= 15 is 0 Å². The number of nitrogens with zero attached hydrogens (tertiary/aromatic N) is 2. The van der Waals surface area contributed by atoms with Gasteiger partial charge in [-0.25, -0.2) is 0 Å². The molecule has 130 valence electrons. The first kappa shape index (κ1) is 17.4. The van der Waals surface area contributed by atoms with Crippen LogP contribution >= 0.6 is 23.2 Å². The molecule has 0 amide bonds. The lowest BCUT2D eigenvalue weighted by atomic mass is 10.2. The zero-order valence-electron chi connectivity index (χ0n) is 13.5. The van der Waals surface area contributed by atoms with E-state index in [9.17, 15) is 0 Å². The first-order chi connectivity index (χ1) is 12.1. The molecule has 0 aliphatic rings. The van der Waals surface area contributed by atoms with Crippen molar-refractivity contribution in [1.82, 2.24) is 10.1 Å². The molecule has 1 heterocycles. The molecular formula is C17H14Cl2N2O4. The minimum Gasteiger partial charge on any atom is -0.497 e. The molecule has 0 N–H and O–H groups in total. The van der Waals surface area contributed by atoms with Crippen LogP contribution in [0.15, 0.2) is 40.9 Å². The quantitative estimate of drug-likeness (QED) is 0.620. The van der Waals surface area contributed by atoms with Gasteiger partial charge in [0.25, 0.3) is 5.89 Å². The SMILES string of the molecule is COc1ccc(-c2noc(COc3ccc(Cl)cc3Cl)n2)c(OC)c1. The van der Waals surface area contributed by atoms with Crippen LogP contribution in [0.2, 0.25) is 10.0 Å². The van der Waals surface area contributed by atoms with Gasteiger partial charge in [0.15, 0.2) is 6.61 Å². The summed E-state index contributed by atoms with van der Waals surface area (Å²) in [4.78, 5) is 4.31. The molecule has 0 unspecified atom stereocenters. The Labute approximate surface area is 154 Å². The second kappa shape index (κ2) is 7.63. The molecule has 0 atom stereocenters. The van der Waals surface area contributed by atoms with Crippen LogP contribution in [0.25, 0.3) is 11.4 Å². The number of methoxy groups -OCH3 is 2. The van der Waals surface area contributed by atoms with Crippen molar-refractivity contribution < 1.29 is 18.7 Å². The van der Waals surface area contributed by atoms with E-state index in [1.807, 2.05) is 0 Å². The Bertz CT molecular complexity index is 883. The molecule has 0 fully saturated rings. The van der Waals surface area contributed by atoms with E-state index < -0.39 is 0 Å². The molecule has 3 rings (SSSR count). The number of hydrogen-bond donors (Lipinski definition) is 0. The highest BCUT2D eigenvalue weighted by Gasteiger charge is 2.15. The number of rotatable bonds is 6. The van der Waals surface area contributed by atoms with Crippen molar-refractivity contribution >= 4 is 23.2 Å². The molecule has 3 aromatic rings. The fraction of sp³-hybridized carbons (Fsp3) is 0.176. The number of aromatic nitrogens is 2. The maximum absolute atomic E-state index is 6.06. The van der Waals surface area contributed by atoms with Gasteiger partial charge in [0.1, 0.15) is 17.2 Å². The van der Waals surface area contributed by atoms with Crippen molar-refractivity contribution in [3.63, 3.8) is 0 Å². The van der Waals surface area contributed by atoms with E-state index in [-0.39, 0.29) is 6.61 Å². The van der Waals surface area contributed by atoms with Gasteiger partial charge < -0.3 is 18.7 Å². The normalized spacial score (nSPS) is 10.6. The molecule has 1 aromatic heterocycles. The Morgan fingerprint density at radius 2 is 1.84 bits per heavy atom. The average molecular weight is 381 g/mol. The third kappa shape index (κ3) is 3.97. The van der Waals surface area contributed by atoms with Crippen molar-refractivity contribution in [2.75, 3.05) is 14.2 Å². The van der Waals surface area contributed by atoms with E-state index in [1.54, 1.807) is 50.6 Å². The number of hydrogen-bond acceptors (Lipinski definition) is 6. The van der Waals surface area contributed by atoms with Crippen LogP contribution < -0.4 is 14.2 Å². The van der Waals surface area contributed by atoms with Gasteiger partial charge in [0.05, 0.1) is 24.8 Å². The Hall–Kier alpha value is -2.44. The summed E-state index contributed by atoms with van der Waals surface area (Å²) in [6.07, 6.45) is 0. The highest BCUT2D eigenvalue weighted by atomic mass is 35.5. The van der Waals surface area contributed by atoms with Gasteiger partial charge in [-0.1, -0.05) is 28.4 Å². The molecule has 0 aliphatic heterocycles. The zero-order chi connectivity index (χ0) is 17.8. The molecule has 0 saturated carbocycles. The Kier molecular flexibility index (Phi) is 5.31. The second-order valence-corrected chi connectivity index (χ2v) is 5.78. The molecule has 0 saturated heterocycles. The fourth-order valence-electron chi connectivity index (χ4n) is 2.14. The molecule has 0 aliphatic carbocycles. The molecule has 0 spiro atoms. The van der Waals surface area contributed by atoms with Gasteiger partial charge in [-0.15, -0.1) is 0 Å². The van der Waals surface area contributed by atoms with E-state index in [0.717, 1.165) is 0 Å². The van der Waals surface area contributed by atoms with Crippen LogP contribution in [-0.4, -0.2) is 24.4 Å². The lowest BCUT2D eigenvalue weighted by molar-refractivity contribution is 0.243.